The molecule has 1 aromatic heterocycles. The minimum Gasteiger partial charge on any atom is -0.496 e. The van der Waals surface area contributed by atoms with Gasteiger partial charge in [0.15, 0.2) is 0 Å². The molecule has 1 heterocycles. The summed E-state index contributed by atoms with van der Waals surface area (Å²) in [6.07, 6.45) is 0. The lowest BCUT2D eigenvalue weighted by Gasteiger charge is -2.00. The van der Waals surface area contributed by atoms with Crippen molar-refractivity contribution in [2.45, 2.75) is 6.92 Å². The summed E-state index contributed by atoms with van der Waals surface area (Å²) in [6, 6.07) is 5.55. The lowest BCUT2D eigenvalue weighted by molar-refractivity contribution is 0.418. The average molecular weight is 196 g/mol. The van der Waals surface area contributed by atoms with Crippen LogP contribution >= 0.6 is 11.3 Å². The van der Waals surface area contributed by atoms with Crippen LogP contribution in [0, 0.1) is 12.7 Å². The van der Waals surface area contributed by atoms with Crippen LogP contribution < -0.4 is 4.74 Å². The topological polar surface area (TPSA) is 9.23 Å². The van der Waals surface area contributed by atoms with Crippen molar-refractivity contribution >= 4 is 21.4 Å². The molecule has 2 rings (SSSR count). The third kappa shape index (κ3) is 1.20. The van der Waals surface area contributed by atoms with Gasteiger partial charge in [-0.3, -0.25) is 0 Å². The molecule has 0 aliphatic heterocycles. The van der Waals surface area contributed by atoms with Crippen LogP contribution in [-0.4, -0.2) is 7.11 Å². The Morgan fingerprint density at radius 2 is 2.15 bits per heavy atom. The lowest BCUT2D eigenvalue weighted by atomic mass is 10.2. The zero-order valence-electron chi connectivity index (χ0n) is 7.43. The van der Waals surface area contributed by atoms with Crippen molar-refractivity contribution in [2.75, 3.05) is 7.11 Å². The Hall–Kier alpha value is -1.09. The van der Waals surface area contributed by atoms with Gasteiger partial charge in [0.1, 0.15) is 11.6 Å². The molecule has 0 saturated heterocycles. The minimum absolute atomic E-state index is 0.155. The molecule has 0 fully saturated rings. The van der Waals surface area contributed by atoms with Gasteiger partial charge >= 0.3 is 0 Å². The third-order valence-electron chi connectivity index (χ3n) is 2.00. The van der Waals surface area contributed by atoms with E-state index in [1.165, 1.54) is 11.3 Å². The van der Waals surface area contributed by atoms with E-state index in [0.29, 0.717) is 16.0 Å². The zero-order chi connectivity index (χ0) is 9.42. The molecule has 0 spiro atoms. The van der Waals surface area contributed by atoms with Crippen LogP contribution in [0.15, 0.2) is 18.2 Å². The molecule has 13 heavy (non-hydrogen) atoms. The first-order chi connectivity index (χ1) is 6.24. The van der Waals surface area contributed by atoms with Gasteiger partial charge in [-0.1, -0.05) is 6.07 Å². The fourth-order valence-electron chi connectivity index (χ4n) is 1.37. The quantitative estimate of drug-likeness (QED) is 0.679. The van der Waals surface area contributed by atoms with Gasteiger partial charge in [0.05, 0.1) is 12.5 Å². The number of fused-ring (bicyclic) bond motifs is 1. The van der Waals surface area contributed by atoms with E-state index in [-0.39, 0.29) is 5.82 Å². The predicted octanol–water partition coefficient (Wildman–Crippen LogP) is 3.36. The summed E-state index contributed by atoms with van der Waals surface area (Å²) in [5, 5.41) is 0.604. The van der Waals surface area contributed by atoms with E-state index in [1.54, 1.807) is 20.1 Å². The Bertz CT molecular complexity index is 447. The molecule has 0 saturated carbocycles. The smallest absolute Gasteiger partial charge is 0.148 e. The molecular formula is C10H9FOS. The summed E-state index contributed by atoms with van der Waals surface area (Å²) in [6.45, 7) is 1.78. The first-order valence-corrected chi connectivity index (χ1v) is 4.77. The SMILES string of the molecule is COc1cccc2sc(C)c(F)c12. The predicted molar refractivity (Wildman–Crippen MR) is 53.1 cm³/mol. The summed E-state index contributed by atoms with van der Waals surface area (Å²) in [5.74, 6) is 0.455. The summed E-state index contributed by atoms with van der Waals surface area (Å²) in [7, 11) is 1.56. The molecule has 2 aromatic rings. The zero-order valence-corrected chi connectivity index (χ0v) is 8.24. The third-order valence-corrected chi connectivity index (χ3v) is 3.05. The van der Waals surface area contributed by atoms with E-state index in [4.69, 9.17) is 4.74 Å². The molecule has 0 radical (unpaired) electrons. The Balaban J connectivity index is 2.87. The maximum atomic E-state index is 13.5. The van der Waals surface area contributed by atoms with Crippen LogP contribution in [0.4, 0.5) is 4.39 Å². The number of hydrogen-bond donors (Lipinski definition) is 0. The van der Waals surface area contributed by atoms with Gasteiger partial charge in [-0.05, 0) is 19.1 Å². The number of thiophene rings is 1. The van der Waals surface area contributed by atoms with Crippen LogP contribution in [-0.2, 0) is 0 Å². The van der Waals surface area contributed by atoms with Crippen molar-refractivity contribution in [1.29, 1.82) is 0 Å². The second kappa shape index (κ2) is 3.00. The standard InChI is InChI=1S/C10H9FOS/c1-6-10(11)9-7(12-2)4-3-5-8(9)13-6/h3-5H,1-2H3. The molecule has 68 valence electrons. The van der Waals surface area contributed by atoms with Crippen molar-refractivity contribution in [3.05, 3.63) is 28.9 Å². The Morgan fingerprint density at radius 3 is 2.85 bits per heavy atom. The first-order valence-electron chi connectivity index (χ1n) is 3.95. The van der Waals surface area contributed by atoms with Gasteiger partial charge in [-0.15, -0.1) is 11.3 Å². The first kappa shape index (κ1) is 8.51. The monoisotopic (exact) mass is 196 g/mol. The largest absolute Gasteiger partial charge is 0.496 e. The molecule has 0 N–H and O–H groups in total. The molecule has 0 atom stereocenters. The number of rotatable bonds is 1. The van der Waals surface area contributed by atoms with Crippen molar-refractivity contribution in [2.24, 2.45) is 0 Å². The Labute approximate surface area is 79.8 Å². The maximum Gasteiger partial charge on any atom is 0.148 e. The minimum atomic E-state index is -0.155. The number of ether oxygens (including phenoxy) is 1. The molecule has 0 amide bonds. The summed E-state index contributed by atoms with van der Waals surface area (Å²) in [5.41, 5.74) is 0. The highest BCUT2D eigenvalue weighted by atomic mass is 32.1. The molecule has 0 unspecified atom stereocenters. The van der Waals surface area contributed by atoms with Gasteiger partial charge in [0.25, 0.3) is 0 Å². The Kier molecular flexibility index (Phi) is 1.96. The van der Waals surface area contributed by atoms with Crippen molar-refractivity contribution in [3.8, 4) is 5.75 Å². The van der Waals surface area contributed by atoms with Crippen LogP contribution in [0.3, 0.4) is 0 Å². The fraction of sp³-hybridized carbons (Fsp3) is 0.200. The number of methoxy groups -OCH3 is 1. The Morgan fingerprint density at radius 1 is 1.38 bits per heavy atom. The van der Waals surface area contributed by atoms with Gasteiger partial charge < -0.3 is 4.74 Å². The van der Waals surface area contributed by atoms with E-state index in [2.05, 4.69) is 0 Å². The summed E-state index contributed by atoms with van der Waals surface area (Å²) >= 11 is 1.45. The molecule has 1 aromatic carbocycles. The summed E-state index contributed by atoms with van der Waals surface area (Å²) < 4.78 is 19.6. The molecule has 0 aliphatic rings. The highest BCUT2D eigenvalue weighted by Crippen LogP contribution is 2.35. The van der Waals surface area contributed by atoms with Crippen molar-refractivity contribution < 1.29 is 9.13 Å². The van der Waals surface area contributed by atoms with Crippen LogP contribution in [0.1, 0.15) is 4.88 Å². The molecule has 1 nitrogen and oxygen atoms in total. The lowest BCUT2D eigenvalue weighted by Crippen LogP contribution is -1.84. The van der Waals surface area contributed by atoms with E-state index in [1.807, 2.05) is 12.1 Å². The van der Waals surface area contributed by atoms with E-state index in [0.717, 1.165) is 4.70 Å². The highest BCUT2D eigenvalue weighted by molar-refractivity contribution is 7.19. The highest BCUT2D eigenvalue weighted by Gasteiger charge is 2.12. The second-order valence-corrected chi connectivity index (χ2v) is 4.06. The van der Waals surface area contributed by atoms with Crippen molar-refractivity contribution in [3.63, 3.8) is 0 Å². The van der Waals surface area contributed by atoms with Gasteiger partial charge in [-0.2, -0.15) is 0 Å². The number of benzene rings is 1. The van der Waals surface area contributed by atoms with Crippen LogP contribution in [0.2, 0.25) is 0 Å². The van der Waals surface area contributed by atoms with Gasteiger partial charge in [0, 0.05) is 9.58 Å². The van der Waals surface area contributed by atoms with Crippen LogP contribution in [0.5, 0.6) is 5.75 Å². The second-order valence-electron chi connectivity index (χ2n) is 2.81. The number of hydrogen-bond acceptors (Lipinski definition) is 2. The van der Waals surface area contributed by atoms with E-state index in [9.17, 15) is 4.39 Å². The molecular weight excluding hydrogens is 187 g/mol. The van der Waals surface area contributed by atoms with E-state index >= 15 is 0 Å². The molecule has 0 aliphatic carbocycles. The summed E-state index contributed by atoms with van der Waals surface area (Å²) in [4.78, 5) is 0.708. The average Bonchev–Trinajstić information content (AvgIpc) is 2.43. The molecule has 0 bridgehead atoms. The van der Waals surface area contributed by atoms with Crippen LogP contribution in [0.25, 0.3) is 10.1 Å². The fourth-order valence-corrected chi connectivity index (χ4v) is 2.33. The maximum absolute atomic E-state index is 13.5. The number of halogens is 1. The van der Waals surface area contributed by atoms with Gasteiger partial charge in [0.2, 0.25) is 0 Å². The number of aryl methyl sites for hydroxylation is 1. The molecule has 3 heteroatoms. The van der Waals surface area contributed by atoms with Crippen molar-refractivity contribution in [1.82, 2.24) is 0 Å². The van der Waals surface area contributed by atoms with E-state index < -0.39 is 0 Å². The van der Waals surface area contributed by atoms with Gasteiger partial charge in [-0.25, -0.2) is 4.39 Å². The normalized spacial score (nSPS) is 10.7.